The van der Waals surface area contributed by atoms with Crippen molar-refractivity contribution >= 4 is 27.6 Å². The third-order valence-corrected chi connectivity index (χ3v) is 4.07. The van der Waals surface area contributed by atoms with E-state index < -0.39 is 6.04 Å². The average molecular weight is 373 g/mol. The first-order valence-corrected chi connectivity index (χ1v) is 7.64. The van der Waals surface area contributed by atoms with Gasteiger partial charge in [0.15, 0.2) is 0 Å². The van der Waals surface area contributed by atoms with Gasteiger partial charge in [0, 0.05) is 33.7 Å². The van der Waals surface area contributed by atoms with Crippen LogP contribution in [-0.2, 0) is 0 Å². The molecule has 3 aromatic rings. The van der Waals surface area contributed by atoms with Crippen LogP contribution in [0, 0.1) is 5.82 Å². The van der Waals surface area contributed by atoms with Gasteiger partial charge in [0.05, 0.1) is 0 Å². The molecule has 114 valence electrons. The zero-order valence-electron chi connectivity index (χ0n) is 11.7. The van der Waals surface area contributed by atoms with Gasteiger partial charge in [-0.15, -0.1) is 0 Å². The number of hydrogen-bond acceptors (Lipinski definition) is 5. The molecule has 0 bridgehead atoms. The second-order valence-electron chi connectivity index (χ2n) is 5.00. The van der Waals surface area contributed by atoms with Crippen LogP contribution in [0.4, 0.5) is 10.3 Å². The van der Waals surface area contributed by atoms with E-state index in [1.165, 1.54) is 6.07 Å². The molecule has 0 saturated heterocycles. The maximum Gasteiger partial charge on any atom is 0.248 e. The lowest BCUT2D eigenvalue weighted by molar-refractivity contribution is 0.539. The van der Waals surface area contributed by atoms with Gasteiger partial charge in [-0.25, -0.2) is 4.39 Å². The summed E-state index contributed by atoms with van der Waals surface area (Å²) in [4.78, 5) is 4.11. The van der Waals surface area contributed by atoms with Gasteiger partial charge in [-0.3, -0.25) is 4.98 Å². The fourth-order valence-electron chi connectivity index (χ4n) is 2.51. The van der Waals surface area contributed by atoms with Gasteiger partial charge >= 0.3 is 0 Å². The van der Waals surface area contributed by atoms with Gasteiger partial charge in [-0.2, -0.15) is 4.68 Å². The molecule has 1 aliphatic rings. The summed E-state index contributed by atoms with van der Waals surface area (Å²) >= 11 is 3.38. The Morgan fingerprint density at radius 1 is 1.26 bits per heavy atom. The number of aromatic nitrogens is 5. The monoisotopic (exact) mass is 372 g/mol. The number of halogens is 2. The van der Waals surface area contributed by atoms with Crippen molar-refractivity contribution in [2.24, 2.45) is 0 Å². The number of allylic oxidation sites excluding steroid dienone is 1. The number of benzene rings is 1. The Morgan fingerprint density at radius 3 is 3.00 bits per heavy atom. The number of nitrogens with one attached hydrogen (secondary N) is 1. The summed E-state index contributed by atoms with van der Waals surface area (Å²) in [6.45, 7) is 0. The average Bonchev–Trinajstić information content (AvgIpc) is 3.05. The zero-order valence-corrected chi connectivity index (χ0v) is 13.3. The van der Waals surface area contributed by atoms with Crippen LogP contribution >= 0.6 is 15.9 Å². The summed E-state index contributed by atoms with van der Waals surface area (Å²) in [5.41, 5.74) is 2.14. The van der Waals surface area contributed by atoms with Crippen molar-refractivity contribution in [1.29, 1.82) is 0 Å². The number of hydrogen-bond donors (Lipinski definition) is 1. The highest BCUT2D eigenvalue weighted by Gasteiger charge is 2.26. The van der Waals surface area contributed by atoms with E-state index >= 15 is 0 Å². The molecule has 8 heteroatoms. The summed E-state index contributed by atoms with van der Waals surface area (Å²) in [7, 11) is 0. The van der Waals surface area contributed by atoms with Crippen LogP contribution in [-0.4, -0.2) is 25.2 Å². The van der Waals surface area contributed by atoms with Gasteiger partial charge in [-0.05, 0) is 46.8 Å². The van der Waals surface area contributed by atoms with Gasteiger partial charge in [-0.1, -0.05) is 21.0 Å². The van der Waals surface area contributed by atoms with Gasteiger partial charge in [0.1, 0.15) is 11.9 Å². The van der Waals surface area contributed by atoms with E-state index in [-0.39, 0.29) is 5.82 Å². The maximum atomic E-state index is 14.3. The first kappa shape index (κ1) is 14.0. The number of nitrogens with zero attached hydrogens (tertiary/aromatic N) is 5. The molecule has 0 radical (unpaired) electrons. The lowest BCUT2D eigenvalue weighted by Crippen LogP contribution is -2.21. The van der Waals surface area contributed by atoms with Crippen molar-refractivity contribution in [2.45, 2.75) is 6.04 Å². The molecule has 1 N–H and O–H groups in total. The fraction of sp³-hybridized carbons (Fsp3) is 0.0667. The minimum Gasteiger partial charge on any atom is -0.323 e. The fourth-order valence-corrected chi connectivity index (χ4v) is 2.89. The van der Waals surface area contributed by atoms with Crippen LogP contribution in [0.2, 0.25) is 0 Å². The molecule has 1 unspecified atom stereocenters. The Kier molecular flexibility index (Phi) is 3.38. The maximum absolute atomic E-state index is 14.3. The van der Waals surface area contributed by atoms with Crippen LogP contribution in [0.1, 0.15) is 17.2 Å². The standard InChI is InChI=1S/C15H10BrFN6/c16-10-3-4-12(17)11(6-10)14-7-13(9-2-1-5-18-8-9)19-15-20-21-22-23(14)15/h1-8,14H,(H,19,20,22). The third kappa shape index (κ3) is 2.50. The summed E-state index contributed by atoms with van der Waals surface area (Å²) in [6, 6.07) is 8.11. The van der Waals surface area contributed by atoms with Crippen LogP contribution < -0.4 is 5.32 Å². The molecule has 0 amide bonds. The van der Waals surface area contributed by atoms with Crippen LogP contribution in [0.15, 0.2) is 53.3 Å². The number of pyridine rings is 1. The second-order valence-corrected chi connectivity index (χ2v) is 5.92. The second kappa shape index (κ2) is 5.54. The summed E-state index contributed by atoms with van der Waals surface area (Å²) in [5, 5.41) is 14.7. The van der Waals surface area contributed by atoms with Crippen LogP contribution in [0.3, 0.4) is 0 Å². The van der Waals surface area contributed by atoms with E-state index in [9.17, 15) is 4.39 Å². The summed E-state index contributed by atoms with van der Waals surface area (Å²) in [6.07, 6.45) is 5.31. The molecule has 23 heavy (non-hydrogen) atoms. The molecule has 1 aliphatic heterocycles. The Labute approximate surface area is 139 Å². The van der Waals surface area contributed by atoms with Crippen LogP contribution in [0.25, 0.3) is 5.70 Å². The molecule has 6 nitrogen and oxygen atoms in total. The molecular formula is C15H10BrFN6. The normalized spacial score (nSPS) is 16.4. The summed E-state index contributed by atoms with van der Waals surface area (Å²) < 4.78 is 16.7. The van der Waals surface area contributed by atoms with Crippen LogP contribution in [0.5, 0.6) is 0 Å². The Balaban J connectivity index is 1.87. The predicted molar refractivity (Wildman–Crippen MR) is 85.9 cm³/mol. The molecule has 4 rings (SSSR count). The first-order chi connectivity index (χ1) is 11.2. The highest BCUT2D eigenvalue weighted by molar-refractivity contribution is 9.10. The van der Waals surface area contributed by atoms with Gasteiger partial charge < -0.3 is 5.32 Å². The van der Waals surface area contributed by atoms with Crippen molar-refractivity contribution in [2.75, 3.05) is 5.32 Å². The van der Waals surface area contributed by atoms with E-state index in [0.29, 0.717) is 11.5 Å². The Bertz CT molecular complexity index is 892. The van der Waals surface area contributed by atoms with Crippen molar-refractivity contribution in [3.63, 3.8) is 0 Å². The number of anilines is 1. The Morgan fingerprint density at radius 2 is 2.17 bits per heavy atom. The molecule has 2 aromatic heterocycles. The van der Waals surface area contributed by atoms with Crippen molar-refractivity contribution in [1.82, 2.24) is 25.2 Å². The molecule has 0 saturated carbocycles. The Hall–Kier alpha value is -2.61. The van der Waals surface area contributed by atoms with E-state index in [0.717, 1.165) is 15.7 Å². The number of tetrazole rings is 1. The van der Waals surface area contributed by atoms with Crippen molar-refractivity contribution in [3.8, 4) is 0 Å². The molecule has 0 fully saturated rings. The largest absolute Gasteiger partial charge is 0.323 e. The summed E-state index contributed by atoms with van der Waals surface area (Å²) in [5.74, 6) is 0.138. The smallest absolute Gasteiger partial charge is 0.248 e. The first-order valence-electron chi connectivity index (χ1n) is 6.84. The van der Waals surface area contributed by atoms with Gasteiger partial charge in [0.2, 0.25) is 5.95 Å². The molecule has 3 heterocycles. The minimum atomic E-state index is -0.450. The highest BCUT2D eigenvalue weighted by Crippen LogP contribution is 2.33. The topological polar surface area (TPSA) is 68.5 Å². The minimum absolute atomic E-state index is 0.316. The molecule has 0 spiro atoms. The number of fused-ring (bicyclic) bond motifs is 1. The van der Waals surface area contributed by atoms with Crippen molar-refractivity contribution in [3.05, 3.63) is 70.2 Å². The van der Waals surface area contributed by atoms with E-state index in [4.69, 9.17) is 0 Å². The van der Waals surface area contributed by atoms with E-state index in [2.05, 4.69) is 41.8 Å². The quantitative estimate of drug-likeness (QED) is 0.748. The zero-order chi connectivity index (χ0) is 15.8. The third-order valence-electron chi connectivity index (χ3n) is 3.58. The molecular weight excluding hydrogens is 363 g/mol. The SMILES string of the molecule is Fc1ccc(Br)cc1C1C=C(c2cccnc2)Nc2nnnn21. The molecule has 0 aliphatic carbocycles. The number of rotatable bonds is 2. The predicted octanol–water partition coefficient (Wildman–Crippen LogP) is 3.03. The molecule has 1 aromatic carbocycles. The van der Waals surface area contributed by atoms with E-state index in [1.54, 1.807) is 29.2 Å². The highest BCUT2D eigenvalue weighted by atomic mass is 79.9. The molecule has 1 atom stereocenters. The van der Waals surface area contributed by atoms with Crippen molar-refractivity contribution < 1.29 is 4.39 Å². The van der Waals surface area contributed by atoms with E-state index in [1.807, 2.05) is 18.2 Å². The lowest BCUT2D eigenvalue weighted by atomic mass is 10.0. The lowest BCUT2D eigenvalue weighted by Gasteiger charge is -2.23. The van der Waals surface area contributed by atoms with Gasteiger partial charge in [0.25, 0.3) is 0 Å².